The second-order valence-electron chi connectivity index (χ2n) is 3.56. The van der Waals surface area contributed by atoms with Crippen LogP contribution >= 0.6 is 0 Å². The van der Waals surface area contributed by atoms with E-state index < -0.39 is 0 Å². The van der Waals surface area contributed by atoms with Crippen LogP contribution in [0.1, 0.15) is 25.3 Å². The third kappa shape index (κ3) is 4.08. The van der Waals surface area contributed by atoms with Gasteiger partial charge in [0.05, 0.1) is 11.5 Å². The maximum Gasteiger partial charge on any atom is 0.269 e. The summed E-state index contributed by atoms with van der Waals surface area (Å²) < 4.78 is 0. The zero-order chi connectivity index (χ0) is 11.1. The number of benzene rings is 1. The van der Waals surface area contributed by atoms with Crippen molar-refractivity contribution in [1.29, 1.82) is 0 Å². The molecule has 0 spiro atoms. The lowest BCUT2D eigenvalue weighted by Crippen LogP contribution is -2.82. The summed E-state index contributed by atoms with van der Waals surface area (Å²) in [6.45, 7) is 4.19. The Balaban J connectivity index is 2.39. The topological polar surface area (TPSA) is 59.8 Å². The molecule has 0 aliphatic rings. The quantitative estimate of drug-likeness (QED) is 0.438. The van der Waals surface area contributed by atoms with Crippen molar-refractivity contribution in [3.8, 4) is 0 Å². The highest BCUT2D eigenvalue weighted by Gasteiger charge is 2.03. The summed E-state index contributed by atoms with van der Waals surface area (Å²) >= 11 is 0. The van der Waals surface area contributed by atoms with Crippen molar-refractivity contribution in [2.45, 2.75) is 26.3 Å². The van der Waals surface area contributed by atoms with Crippen molar-refractivity contribution >= 4 is 5.69 Å². The number of hydrogen-bond donors (Lipinski definition) is 1. The van der Waals surface area contributed by atoms with E-state index in [0.717, 1.165) is 18.7 Å². The van der Waals surface area contributed by atoms with Crippen molar-refractivity contribution in [2.75, 3.05) is 6.54 Å². The molecule has 82 valence electrons. The third-order valence-electron chi connectivity index (χ3n) is 2.29. The van der Waals surface area contributed by atoms with E-state index in [4.69, 9.17) is 0 Å². The minimum atomic E-state index is -0.370. The number of unbranched alkanes of at least 4 members (excludes halogenated alkanes) is 1. The van der Waals surface area contributed by atoms with Gasteiger partial charge < -0.3 is 5.32 Å². The van der Waals surface area contributed by atoms with Gasteiger partial charge in [0.25, 0.3) is 5.69 Å². The number of nitro benzene ring substituents is 1. The molecule has 4 heteroatoms. The number of nitrogens with two attached hydrogens (primary N) is 1. The van der Waals surface area contributed by atoms with E-state index in [-0.39, 0.29) is 10.6 Å². The van der Waals surface area contributed by atoms with Crippen molar-refractivity contribution in [3.05, 3.63) is 39.9 Å². The summed E-state index contributed by atoms with van der Waals surface area (Å²) in [7, 11) is 0. The fraction of sp³-hybridized carbons (Fsp3) is 0.455. The van der Waals surface area contributed by atoms with Gasteiger partial charge in [0.1, 0.15) is 6.54 Å². The maximum absolute atomic E-state index is 10.4. The number of nitro groups is 1. The van der Waals surface area contributed by atoms with Crippen LogP contribution in [0.4, 0.5) is 5.69 Å². The van der Waals surface area contributed by atoms with Gasteiger partial charge >= 0.3 is 0 Å². The summed E-state index contributed by atoms with van der Waals surface area (Å²) in [5, 5.41) is 12.6. The van der Waals surface area contributed by atoms with Crippen molar-refractivity contribution in [2.24, 2.45) is 0 Å². The second kappa shape index (κ2) is 6.14. The highest BCUT2D eigenvalue weighted by molar-refractivity contribution is 5.32. The Labute approximate surface area is 89.5 Å². The van der Waals surface area contributed by atoms with Crippen molar-refractivity contribution in [1.82, 2.24) is 0 Å². The Morgan fingerprint density at radius 2 is 2.00 bits per heavy atom. The molecule has 1 aromatic carbocycles. The number of hydrogen-bond acceptors (Lipinski definition) is 2. The normalized spacial score (nSPS) is 10.2. The zero-order valence-corrected chi connectivity index (χ0v) is 8.98. The van der Waals surface area contributed by atoms with Crippen LogP contribution in [0.15, 0.2) is 24.3 Å². The smallest absolute Gasteiger partial charge is 0.269 e. The Morgan fingerprint density at radius 3 is 2.53 bits per heavy atom. The van der Waals surface area contributed by atoms with Gasteiger partial charge in [-0.2, -0.15) is 0 Å². The van der Waals surface area contributed by atoms with E-state index in [1.165, 1.54) is 12.8 Å². The van der Waals surface area contributed by atoms with Crippen LogP contribution in [0.2, 0.25) is 0 Å². The van der Waals surface area contributed by atoms with Crippen LogP contribution in [0.5, 0.6) is 0 Å². The lowest BCUT2D eigenvalue weighted by Gasteiger charge is -2.00. The Morgan fingerprint density at radius 1 is 1.33 bits per heavy atom. The fourth-order valence-electron chi connectivity index (χ4n) is 1.37. The summed E-state index contributed by atoms with van der Waals surface area (Å²) in [5.74, 6) is 0. The minimum Gasteiger partial charge on any atom is -0.343 e. The van der Waals surface area contributed by atoms with E-state index >= 15 is 0 Å². The van der Waals surface area contributed by atoms with Crippen LogP contribution < -0.4 is 5.32 Å². The Kier molecular flexibility index (Phi) is 4.77. The molecule has 0 heterocycles. The molecule has 0 fully saturated rings. The molecule has 4 nitrogen and oxygen atoms in total. The first-order chi connectivity index (χ1) is 7.24. The SMILES string of the molecule is CCCC[NH2+]Cc1ccc([N+](=O)[O-])cc1. The van der Waals surface area contributed by atoms with Crippen LogP contribution in [0, 0.1) is 10.1 Å². The number of rotatable bonds is 6. The molecule has 15 heavy (non-hydrogen) atoms. The van der Waals surface area contributed by atoms with Gasteiger partial charge in [-0.05, 0) is 18.6 Å². The van der Waals surface area contributed by atoms with Gasteiger partial charge in [-0.1, -0.05) is 13.3 Å². The predicted octanol–water partition coefficient (Wildman–Crippen LogP) is 1.46. The van der Waals surface area contributed by atoms with Gasteiger partial charge in [-0.25, -0.2) is 0 Å². The first-order valence-corrected chi connectivity index (χ1v) is 5.29. The predicted molar refractivity (Wildman–Crippen MR) is 58.5 cm³/mol. The molecular weight excluding hydrogens is 192 g/mol. The van der Waals surface area contributed by atoms with Crippen molar-refractivity contribution < 1.29 is 10.2 Å². The molecule has 0 saturated heterocycles. The average molecular weight is 209 g/mol. The summed E-state index contributed by atoms with van der Waals surface area (Å²) in [6.07, 6.45) is 2.42. The first kappa shape index (κ1) is 11.7. The number of quaternary nitrogens is 1. The highest BCUT2D eigenvalue weighted by Crippen LogP contribution is 2.10. The van der Waals surface area contributed by atoms with Crippen LogP contribution in [-0.2, 0) is 6.54 Å². The molecule has 0 radical (unpaired) electrons. The zero-order valence-electron chi connectivity index (χ0n) is 8.98. The van der Waals surface area contributed by atoms with Gasteiger partial charge in [0, 0.05) is 17.7 Å². The molecule has 1 aromatic rings. The van der Waals surface area contributed by atoms with Gasteiger partial charge in [-0.15, -0.1) is 0 Å². The van der Waals surface area contributed by atoms with Crippen LogP contribution in [-0.4, -0.2) is 11.5 Å². The number of nitrogens with zero attached hydrogens (tertiary/aromatic N) is 1. The standard InChI is InChI=1S/C11H16N2O2/c1-2-3-8-12-9-10-4-6-11(7-5-10)13(14)15/h4-7,12H,2-3,8-9H2,1H3/p+1. The Bertz CT molecular complexity index is 309. The monoisotopic (exact) mass is 209 g/mol. The van der Waals surface area contributed by atoms with E-state index in [0.29, 0.717) is 0 Å². The summed E-state index contributed by atoms with van der Waals surface area (Å²) in [4.78, 5) is 10.0. The van der Waals surface area contributed by atoms with E-state index in [1.54, 1.807) is 12.1 Å². The minimum absolute atomic E-state index is 0.160. The lowest BCUT2D eigenvalue weighted by atomic mass is 10.2. The molecular formula is C11H17N2O2+. The molecule has 0 saturated carbocycles. The van der Waals surface area contributed by atoms with Crippen LogP contribution in [0.3, 0.4) is 0 Å². The molecule has 0 atom stereocenters. The molecule has 0 unspecified atom stereocenters. The fourth-order valence-corrected chi connectivity index (χ4v) is 1.37. The van der Waals surface area contributed by atoms with E-state index in [2.05, 4.69) is 12.2 Å². The van der Waals surface area contributed by atoms with E-state index in [9.17, 15) is 10.1 Å². The molecule has 0 aliphatic heterocycles. The lowest BCUT2D eigenvalue weighted by molar-refractivity contribution is -0.670. The molecule has 0 amide bonds. The van der Waals surface area contributed by atoms with Crippen molar-refractivity contribution in [3.63, 3.8) is 0 Å². The molecule has 0 bridgehead atoms. The molecule has 0 aromatic heterocycles. The molecule has 1 rings (SSSR count). The average Bonchev–Trinajstić information content (AvgIpc) is 2.25. The molecule has 2 N–H and O–H groups in total. The second-order valence-corrected chi connectivity index (χ2v) is 3.56. The van der Waals surface area contributed by atoms with Crippen LogP contribution in [0.25, 0.3) is 0 Å². The summed E-state index contributed by atoms with van der Waals surface area (Å²) in [6, 6.07) is 6.76. The number of non-ortho nitro benzene ring substituents is 1. The van der Waals surface area contributed by atoms with Gasteiger partial charge in [-0.3, -0.25) is 10.1 Å². The first-order valence-electron chi connectivity index (χ1n) is 5.29. The Hall–Kier alpha value is -1.42. The van der Waals surface area contributed by atoms with Gasteiger partial charge in [0.15, 0.2) is 0 Å². The third-order valence-corrected chi connectivity index (χ3v) is 2.29. The summed E-state index contributed by atoms with van der Waals surface area (Å²) in [5.41, 5.74) is 1.30. The molecule has 0 aliphatic carbocycles. The maximum atomic E-state index is 10.4. The van der Waals surface area contributed by atoms with E-state index in [1.807, 2.05) is 12.1 Å². The highest BCUT2D eigenvalue weighted by atomic mass is 16.6. The van der Waals surface area contributed by atoms with Gasteiger partial charge in [0.2, 0.25) is 0 Å². The largest absolute Gasteiger partial charge is 0.343 e.